The molecular weight excluding hydrogens is 488 g/mol. The van der Waals surface area contributed by atoms with Gasteiger partial charge in [0, 0.05) is 16.3 Å². The Kier molecular flexibility index (Phi) is 7.18. The van der Waals surface area contributed by atoms with Gasteiger partial charge in [-0.3, -0.25) is 14.3 Å². The first-order chi connectivity index (χ1) is 16.8. The van der Waals surface area contributed by atoms with E-state index in [9.17, 15) is 18.0 Å². The van der Waals surface area contributed by atoms with Gasteiger partial charge in [-0.05, 0) is 53.9 Å². The highest BCUT2D eigenvalue weighted by atomic mass is 35.5. The predicted molar refractivity (Wildman–Crippen MR) is 136 cm³/mol. The Labute approximate surface area is 208 Å². The number of halogens is 1. The summed E-state index contributed by atoms with van der Waals surface area (Å²) in [7, 11) is -3.99. The molecule has 8 nitrogen and oxygen atoms in total. The van der Waals surface area contributed by atoms with Crippen molar-refractivity contribution in [2.24, 2.45) is 5.10 Å². The first kappa shape index (κ1) is 24.4. The molecule has 0 fully saturated rings. The van der Waals surface area contributed by atoms with Gasteiger partial charge in [0.05, 0.1) is 17.0 Å². The molecule has 1 heterocycles. The van der Waals surface area contributed by atoms with Crippen LogP contribution in [0.2, 0.25) is 5.02 Å². The molecule has 1 aliphatic rings. The van der Waals surface area contributed by atoms with Crippen LogP contribution in [0.15, 0.2) is 76.7 Å². The molecule has 0 saturated carbocycles. The van der Waals surface area contributed by atoms with E-state index in [2.05, 4.69) is 20.6 Å². The van der Waals surface area contributed by atoms with Crippen LogP contribution >= 0.6 is 11.6 Å². The van der Waals surface area contributed by atoms with E-state index >= 15 is 0 Å². The number of anilines is 2. The fraction of sp³-hybridized carbons (Fsp3) is 0.160. The van der Waals surface area contributed by atoms with Crippen molar-refractivity contribution in [1.29, 1.82) is 0 Å². The number of aryl methyl sites for hydroxylation is 1. The Morgan fingerprint density at radius 2 is 1.80 bits per heavy atom. The quantitative estimate of drug-likeness (QED) is 0.395. The average Bonchev–Trinajstić information content (AvgIpc) is 3.14. The van der Waals surface area contributed by atoms with E-state index in [4.69, 9.17) is 11.6 Å². The van der Waals surface area contributed by atoms with Crippen LogP contribution in [-0.2, 0) is 32.5 Å². The van der Waals surface area contributed by atoms with E-state index in [0.29, 0.717) is 27.5 Å². The van der Waals surface area contributed by atoms with Gasteiger partial charge in [-0.1, -0.05) is 55.3 Å². The summed E-state index contributed by atoms with van der Waals surface area (Å²) in [4.78, 5) is 24.9. The average molecular weight is 511 g/mol. The summed E-state index contributed by atoms with van der Waals surface area (Å²) in [6.07, 6.45) is 1.36. The molecule has 0 radical (unpaired) electrons. The van der Waals surface area contributed by atoms with Crippen molar-refractivity contribution >= 4 is 50.5 Å². The maximum Gasteiger partial charge on any atom is 0.276 e. The highest BCUT2D eigenvalue weighted by Crippen LogP contribution is 2.24. The third kappa shape index (κ3) is 5.70. The molecule has 0 atom stereocenters. The number of hydrogen-bond donors (Lipinski definition) is 3. The van der Waals surface area contributed by atoms with Gasteiger partial charge in [0.2, 0.25) is 5.91 Å². The zero-order chi connectivity index (χ0) is 25.0. The molecule has 0 saturated heterocycles. The van der Waals surface area contributed by atoms with Crippen LogP contribution in [0.4, 0.5) is 11.4 Å². The standard InChI is InChI=1S/C25H23ClN4O4S/c1-2-5-16-8-13-22(35(33,34)30-19-11-9-18(26)10-12-19)17(14-16)15-23(31)28-29-24-20-6-3-4-7-21(20)27-25(24)32/h3-4,6-14,30H,2,5,15H2,1H3,(H,28,31)(H,27,29,32). The molecule has 0 aromatic heterocycles. The van der Waals surface area contributed by atoms with E-state index in [1.54, 1.807) is 60.7 Å². The lowest BCUT2D eigenvalue weighted by Crippen LogP contribution is -2.25. The number of rotatable bonds is 8. The number of nitrogens with one attached hydrogen (secondary N) is 3. The maximum absolute atomic E-state index is 13.1. The molecule has 0 aliphatic carbocycles. The van der Waals surface area contributed by atoms with Crippen LogP contribution < -0.4 is 15.5 Å². The van der Waals surface area contributed by atoms with Crippen molar-refractivity contribution in [3.8, 4) is 0 Å². The number of carbonyl (C=O) groups is 2. The minimum absolute atomic E-state index is 0.0148. The Balaban J connectivity index is 1.58. The second-order valence-electron chi connectivity index (χ2n) is 7.98. The van der Waals surface area contributed by atoms with Gasteiger partial charge in [0.1, 0.15) is 0 Å². The predicted octanol–water partition coefficient (Wildman–Crippen LogP) is 4.11. The monoisotopic (exact) mass is 510 g/mol. The third-order valence-corrected chi connectivity index (χ3v) is 7.07. The Morgan fingerprint density at radius 3 is 2.54 bits per heavy atom. The molecule has 180 valence electrons. The van der Waals surface area contributed by atoms with Crippen LogP contribution in [0.5, 0.6) is 0 Å². The highest BCUT2D eigenvalue weighted by Gasteiger charge is 2.26. The number of sulfonamides is 1. The lowest BCUT2D eigenvalue weighted by atomic mass is 10.0. The Bertz CT molecular complexity index is 1420. The first-order valence-corrected chi connectivity index (χ1v) is 12.8. The summed E-state index contributed by atoms with van der Waals surface area (Å²) in [6.45, 7) is 2.01. The number of benzene rings is 3. The van der Waals surface area contributed by atoms with E-state index in [1.165, 1.54) is 6.07 Å². The number of amides is 2. The normalized spacial score (nSPS) is 13.9. The van der Waals surface area contributed by atoms with Gasteiger partial charge in [-0.15, -0.1) is 0 Å². The third-order valence-electron chi connectivity index (χ3n) is 5.34. The minimum Gasteiger partial charge on any atom is -0.320 e. The zero-order valence-corrected chi connectivity index (χ0v) is 20.4. The van der Waals surface area contributed by atoms with Gasteiger partial charge < -0.3 is 5.32 Å². The molecule has 4 rings (SSSR count). The Hall–Kier alpha value is -3.69. The number of carbonyl (C=O) groups excluding carboxylic acids is 2. The van der Waals surface area contributed by atoms with Gasteiger partial charge in [0.25, 0.3) is 15.9 Å². The minimum atomic E-state index is -3.99. The van der Waals surface area contributed by atoms with Crippen LogP contribution in [0.1, 0.15) is 30.0 Å². The van der Waals surface area contributed by atoms with Gasteiger partial charge in [-0.2, -0.15) is 5.10 Å². The fourth-order valence-corrected chi connectivity index (χ4v) is 5.16. The van der Waals surface area contributed by atoms with Crippen molar-refractivity contribution in [3.05, 3.63) is 88.4 Å². The summed E-state index contributed by atoms with van der Waals surface area (Å²) in [5, 5.41) is 7.16. The second-order valence-corrected chi connectivity index (χ2v) is 10.1. The maximum atomic E-state index is 13.1. The van der Waals surface area contributed by atoms with Crippen molar-refractivity contribution in [1.82, 2.24) is 5.43 Å². The molecule has 3 N–H and O–H groups in total. The first-order valence-electron chi connectivity index (χ1n) is 10.9. The zero-order valence-electron chi connectivity index (χ0n) is 18.8. The fourth-order valence-electron chi connectivity index (χ4n) is 3.75. The van der Waals surface area contributed by atoms with Gasteiger partial charge >= 0.3 is 0 Å². The second kappa shape index (κ2) is 10.3. The molecule has 2 amide bonds. The number of para-hydroxylation sites is 1. The van der Waals surface area contributed by atoms with Crippen molar-refractivity contribution in [3.63, 3.8) is 0 Å². The Morgan fingerprint density at radius 1 is 1.06 bits per heavy atom. The van der Waals surface area contributed by atoms with Crippen LogP contribution in [0, 0.1) is 0 Å². The number of hydrazone groups is 1. The topological polar surface area (TPSA) is 117 Å². The van der Waals surface area contributed by atoms with E-state index < -0.39 is 21.8 Å². The smallest absolute Gasteiger partial charge is 0.276 e. The number of hydrogen-bond acceptors (Lipinski definition) is 5. The molecule has 3 aromatic carbocycles. The highest BCUT2D eigenvalue weighted by molar-refractivity contribution is 7.92. The summed E-state index contributed by atoms with van der Waals surface area (Å²) in [5.74, 6) is -0.974. The van der Waals surface area contributed by atoms with Crippen molar-refractivity contribution < 1.29 is 18.0 Å². The molecule has 1 aliphatic heterocycles. The number of nitrogens with zero attached hydrogens (tertiary/aromatic N) is 1. The van der Waals surface area contributed by atoms with E-state index in [-0.39, 0.29) is 17.0 Å². The molecular formula is C25H23ClN4O4S. The molecule has 3 aromatic rings. The molecule has 10 heteroatoms. The SMILES string of the molecule is CCCc1ccc(S(=O)(=O)Nc2ccc(Cl)cc2)c(CC(=O)NN=C2C(=O)Nc3ccccc32)c1. The molecule has 35 heavy (non-hydrogen) atoms. The van der Waals surface area contributed by atoms with Gasteiger partial charge in [0.15, 0.2) is 5.71 Å². The number of fused-ring (bicyclic) bond motifs is 1. The summed E-state index contributed by atoms with van der Waals surface area (Å²) in [5.41, 5.74) is 5.26. The van der Waals surface area contributed by atoms with E-state index in [1.807, 2.05) is 6.92 Å². The lowest BCUT2D eigenvalue weighted by Gasteiger charge is -2.14. The summed E-state index contributed by atoms with van der Waals surface area (Å²) >= 11 is 5.89. The van der Waals surface area contributed by atoms with Gasteiger partial charge in [-0.25, -0.2) is 13.8 Å². The summed E-state index contributed by atoms with van der Waals surface area (Å²) in [6, 6.07) is 18.2. The van der Waals surface area contributed by atoms with Crippen LogP contribution in [-0.4, -0.2) is 25.9 Å². The molecule has 0 unspecified atom stereocenters. The molecule has 0 bridgehead atoms. The van der Waals surface area contributed by atoms with Crippen molar-refractivity contribution in [2.45, 2.75) is 31.1 Å². The summed E-state index contributed by atoms with van der Waals surface area (Å²) < 4.78 is 28.8. The van der Waals surface area contributed by atoms with E-state index in [0.717, 1.165) is 18.4 Å². The van der Waals surface area contributed by atoms with Crippen molar-refractivity contribution in [2.75, 3.05) is 10.0 Å². The van der Waals surface area contributed by atoms with Crippen LogP contribution in [0.3, 0.4) is 0 Å². The molecule has 0 spiro atoms. The lowest BCUT2D eigenvalue weighted by molar-refractivity contribution is -0.120. The largest absolute Gasteiger partial charge is 0.320 e. The van der Waals surface area contributed by atoms with Crippen LogP contribution in [0.25, 0.3) is 0 Å².